The van der Waals surface area contributed by atoms with Gasteiger partial charge >= 0.3 is 0 Å². The fourth-order valence-corrected chi connectivity index (χ4v) is 2.78. The van der Waals surface area contributed by atoms with Crippen LogP contribution in [0.4, 0.5) is 11.4 Å². The average molecular weight is 407 g/mol. The highest BCUT2D eigenvalue weighted by Gasteiger charge is 2.12. The monoisotopic (exact) mass is 406 g/mol. The summed E-state index contributed by atoms with van der Waals surface area (Å²) >= 11 is 3.48. The van der Waals surface area contributed by atoms with Crippen molar-refractivity contribution in [3.8, 4) is 11.5 Å². The van der Waals surface area contributed by atoms with Gasteiger partial charge in [0, 0.05) is 33.9 Å². The lowest BCUT2D eigenvalue weighted by Crippen LogP contribution is -2.17. The number of hydrogen-bond acceptors (Lipinski definition) is 4. The maximum atomic E-state index is 11.7. The van der Waals surface area contributed by atoms with Crippen LogP contribution < -0.4 is 20.1 Å². The van der Waals surface area contributed by atoms with E-state index in [1.54, 1.807) is 14.2 Å². The van der Waals surface area contributed by atoms with Crippen molar-refractivity contribution in [1.82, 2.24) is 0 Å². The fraction of sp³-hybridized carbons (Fsp3) is 0.316. The number of ether oxygens (including phenoxy) is 2. The van der Waals surface area contributed by atoms with Crippen LogP contribution in [0.25, 0.3) is 0 Å². The molecule has 0 bridgehead atoms. The molecule has 25 heavy (non-hydrogen) atoms. The summed E-state index contributed by atoms with van der Waals surface area (Å²) < 4.78 is 11.7. The minimum atomic E-state index is -0.0447. The molecule has 0 atom stereocenters. The van der Waals surface area contributed by atoms with Gasteiger partial charge in [-0.2, -0.15) is 0 Å². The van der Waals surface area contributed by atoms with Gasteiger partial charge in [-0.15, -0.1) is 0 Å². The van der Waals surface area contributed by atoms with Crippen molar-refractivity contribution >= 4 is 33.2 Å². The lowest BCUT2D eigenvalue weighted by atomic mass is 10.1. The average Bonchev–Trinajstić information content (AvgIpc) is 2.60. The molecule has 1 amide bonds. The molecule has 2 rings (SSSR count). The molecule has 0 unspecified atom stereocenters. The molecule has 0 saturated carbocycles. The summed E-state index contributed by atoms with van der Waals surface area (Å²) in [5.41, 5.74) is 2.71. The topological polar surface area (TPSA) is 59.6 Å². The van der Waals surface area contributed by atoms with Crippen molar-refractivity contribution in [1.29, 1.82) is 0 Å². The lowest BCUT2D eigenvalue weighted by Gasteiger charge is -2.15. The first-order valence-electron chi connectivity index (χ1n) is 7.99. The Morgan fingerprint density at radius 1 is 1.08 bits per heavy atom. The van der Waals surface area contributed by atoms with E-state index in [1.165, 1.54) is 0 Å². The third-order valence-corrected chi connectivity index (χ3v) is 4.14. The number of nitrogens with one attached hydrogen (secondary N) is 2. The first kappa shape index (κ1) is 19.1. The highest BCUT2D eigenvalue weighted by atomic mass is 79.9. The van der Waals surface area contributed by atoms with E-state index >= 15 is 0 Å². The second-order valence-electron chi connectivity index (χ2n) is 5.88. The maximum absolute atomic E-state index is 11.7. The molecule has 0 spiro atoms. The smallest absolute Gasteiger partial charge is 0.226 e. The second kappa shape index (κ2) is 8.76. The molecule has 0 saturated heterocycles. The summed E-state index contributed by atoms with van der Waals surface area (Å²) in [6.45, 7) is 4.31. The Labute approximate surface area is 156 Å². The number of hydrogen-bond donors (Lipinski definition) is 2. The fourth-order valence-electron chi connectivity index (χ4n) is 2.29. The first-order valence-corrected chi connectivity index (χ1v) is 8.79. The van der Waals surface area contributed by atoms with Gasteiger partial charge in [-0.3, -0.25) is 4.79 Å². The molecule has 0 aromatic heterocycles. The van der Waals surface area contributed by atoms with Crippen molar-refractivity contribution in [3.63, 3.8) is 0 Å². The number of carbonyl (C=O) groups excluding carboxylic acids is 1. The minimum Gasteiger partial charge on any atom is -0.493 e. The zero-order valence-corrected chi connectivity index (χ0v) is 16.4. The zero-order valence-electron chi connectivity index (χ0n) is 14.9. The van der Waals surface area contributed by atoms with Gasteiger partial charge in [-0.05, 0) is 36.4 Å². The van der Waals surface area contributed by atoms with E-state index < -0.39 is 0 Å². The SMILES string of the molecule is COc1cc(Br)cc(CNc2ccc(NC(=O)C(C)C)cc2)c1OC. The zero-order chi connectivity index (χ0) is 18.4. The van der Waals surface area contributed by atoms with E-state index in [2.05, 4.69) is 26.6 Å². The van der Waals surface area contributed by atoms with Gasteiger partial charge in [0.2, 0.25) is 5.91 Å². The Bertz CT molecular complexity index is 730. The maximum Gasteiger partial charge on any atom is 0.226 e. The van der Waals surface area contributed by atoms with Crippen LogP contribution in [0, 0.1) is 5.92 Å². The van der Waals surface area contributed by atoms with Gasteiger partial charge in [-0.1, -0.05) is 29.8 Å². The predicted octanol–water partition coefficient (Wildman–Crippen LogP) is 4.67. The Hall–Kier alpha value is -2.21. The van der Waals surface area contributed by atoms with E-state index in [0.29, 0.717) is 18.0 Å². The van der Waals surface area contributed by atoms with E-state index in [9.17, 15) is 4.79 Å². The minimum absolute atomic E-state index is 0.00618. The van der Waals surface area contributed by atoms with E-state index in [4.69, 9.17) is 9.47 Å². The number of methoxy groups -OCH3 is 2. The van der Waals surface area contributed by atoms with Crippen LogP contribution in [0.1, 0.15) is 19.4 Å². The third-order valence-electron chi connectivity index (χ3n) is 3.68. The van der Waals surface area contributed by atoms with Crippen LogP contribution in [0.3, 0.4) is 0 Å². The number of halogens is 1. The molecular formula is C19H23BrN2O3. The second-order valence-corrected chi connectivity index (χ2v) is 6.79. The summed E-state index contributed by atoms with van der Waals surface area (Å²) in [5.74, 6) is 1.35. The quantitative estimate of drug-likeness (QED) is 0.700. The molecule has 2 aromatic rings. The van der Waals surface area contributed by atoms with Crippen LogP contribution in [-0.4, -0.2) is 20.1 Å². The highest BCUT2D eigenvalue weighted by molar-refractivity contribution is 9.10. The summed E-state index contributed by atoms with van der Waals surface area (Å²) in [4.78, 5) is 11.7. The number of anilines is 2. The standard InChI is InChI=1S/C19H23BrN2O3/c1-12(2)19(23)22-16-7-5-15(6-8-16)21-11-13-9-14(20)10-17(24-3)18(13)25-4/h5-10,12,21H,11H2,1-4H3,(H,22,23). The van der Waals surface area contributed by atoms with Crippen molar-refractivity contribution in [2.45, 2.75) is 20.4 Å². The summed E-state index contributed by atoms with van der Waals surface area (Å²) in [7, 11) is 3.24. The van der Waals surface area contributed by atoms with Gasteiger partial charge in [0.05, 0.1) is 14.2 Å². The van der Waals surface area contributed by atoms with Crippen LogP contribution >= 0.6 is 15.9 Å². The molecule has 6 heteroatoms. The van der Waals surface area contributed by atoms with Crippen molar-refractivity contribution in [3.05, 3.63) is 46.4 Å². The molecule has 0 fully saturated rings. The predicted molar refractivity (Wildman–Crippen MR) is 104 cm³/mol. The Kier molecular flexibility index (Phi) is 6.70. The number of benzene rings is 2. The summed E-state index contributed by atoms with van der Waals surface area (Å²) in [6.07, 6.45) is 0. The molecule has 0 aliphatic heterocycles. The van der Waals surface area contributed by atoms with Crippen molar-refractivity contribution in [2.75, 3.05) is 24.9 Å². The molecule has 2 N–H and O–H groups in total. The Balaban J connectivity index is 2.07. The van der Waals surface area contributed by atoms with E-state index in [1.807, 2.05) is 50.2 Å². The third kappa shape index (κ3) is 5.13. The first-order chi connectivity index (χ1) is 11.9. The molecule has 2 aromatic carbocycles. The molecule has 0 aliphatic carbocycles. The normalized spacial score (nSPS) is 10.5. The van der Waals surface area contributed by atoms with Crippen LogP contribution in [-0.2, 0) is 11.3 Å². The van der Waals surface area contributed by atoms with Gasteiger partial charge in [0.1, 0.15) is 0 Å². The molecular weight excluding hydrogens is 384 g/mol. The van der Waals surface area contributed by atoms with Crippen LogP contribution in [0.5, 0.6) is 11.5 Å². The van der Waals surface area contributed by atoms with Gasteiger partial charge < -0.3 is 20.1 Å². The number of amides is 1. The molecule has 0 heterocycles. The molecule has 134 valence electrons. The molecule has 0 aliphatic rings. The van der Waals surface area contributed by atoms with Gasteiger partial charge in [0.25, 0.3) is 0 Å². The van der Waals surface area contributed by atoms with Crippen molar-refractivity contribution in [2.24, 2.45) is 5.92 Å². The molecule has 5 nitrogen and oxygen atoms in total. The Morgan fingerprint density at radius 3 is 2.28 bits per heavy atom. The van der Waals surface area contributed by atoms with Gasteiger partial charge in [0.15, 0.2) is 11.5 Å². The Morgan fingerprint density at radius 2 is 1.72 bits per heavy atom. The van der Waals surface area contributed by atoms with E-state index in [-0.39, 0.29) is 11.8 Å². The lowest BCUT2D eigenvalue weighted by molar-refractivity contribution is -0.118. The van der Waals surface area contributed by atoms with Gasteiger partial charge in [-0.25, -0.2) is 0 Å². The van der Waals surface area contributed by atoms with Crippen LogP contribution in [0.2, 0.25) is 0 Å². The number of carbonyl (C=O) groups is 1. The summed E-state index contributed by atoms with van der Waals surface area (Å²) in [6, 6.07) is 11.5. The van der Waals surface area contributed by atoms with Crippen LogP contribution in [0.15, 0.2) is 40.9 Å². The number of rotatable bonds is 7. The molecule has 0 radical (unpaired) electrons. The highest BCUT2D eigenvalue weighted by Crippen LogP contribution is 2.35. The summed E-state index contributed by atoms with van der Waals surface area (Å²) in [5, 5.41) is 6.22. The van der Waals surface area contributed by atoms with Crippen molar-refractivity contribution < 1.29 is 14.3 Å². The van der Waals surface area contributed by atoms with E-state index in [0.717, 1.165) is 21.4 Å². The largest absolute Gasteiger partial charge is 0.493 e.